The van der Waals surface area contributed by atoms with Gasteiger partial charge in [-0.05, 0) is 255 Å². The van der Waals surface area contributed by atoms with Gasteiger partial charge in [0.2, 0.25) is 35.4 Å². The van der Waals surface area contributed by atoms with Crippen molar-refractivity contribution >= 4 is 172 Å². The molecule has 35 heteroatoms. The average Bonchev–Trinajstić information content (AvgIpc) is 1.47. The first-order valence-corrected chi connectivity index (χ1v) is 54.6. The summed E-state index contributed by atoms with van der Waals surface area (Å²) in [7, 11) is 1.57. The summed E-state index contributed by atoms with van der Waals surface area (Å²) in [6.45, 7) is 5.03. The number of imidazole rings is 1. The van der Waals surface area contributed by atoms with Crippen molar-refractivity contribution in [1.82, 2.24) is 46.7 Å². The molecule has 0 radical (unpaired) electrons. The number of hydrogen-bond acceptors (Lipinski definition) is 20. The smallest absolute Gasteiger partial charge is 0.449 e. The minimum Gasteiger partial charge on any atom is -0.497 e. The van der Waals surface area contributed by atoms with Crippen molar-refractivity contribution in [1.29, 1.82) is 0 Å². The van der Waals surface area contributed by atoms with Crippen LogP contribution in [-0.2, 0) is 58.9 Å². The maximum absolute atomic E-state index is 13.5. The topological polar surface area (TPSA) is 326 Å². The molecule has 5 aliphatic carbocycles. The van der Waals surface area contributed by atoms with Gasteiger partial charge in [0.05, 0.1) is 43.1 Å². The number of carbonyl (C=O) groups is 10. The van der Waals surface area contributed by atoms with E-state index in [1.54, 1.807) is 61.2 Å². The van der Waals surface area contributed by atoms with Gasteiger partial charge in [0.15, 0.2) is 30.2 Å². The van der Waals surface area contributed by atoms with E-state index < -0.39 is 71.7 Å². The van der Waals surface area contributed by atoms with Crippen LogP contribution in [0.25, 0.3) is 21.9 Å². The van der Waals surface area contributed by atoms with Gasteiger partial charge in [-0.1, -0.05) is 144 Å². The molecule has 5 atom stereocenters. The van der Waals surface area contributed by atoms with Crippen LogP contribution < -0.4 is 60.7 Å². The van der Waals surface area contributed by atoms with Crippen molar-refractivity contribution < 1.29 is 70.6 Å². The second kappa shape index (κ2) is 54.4. The number of H-pyrrole nitrogens is 2. The third-order valence-electron chi connectivity index (χ3n) is 26.9. The zero-order valence-corrected chi connectivity index (χ0v) is 87.0. The summed E-state index contributed by atoms with van der Waals surface area (Å²) < 4.78 is 49.8. The van der Waals surface area contributed by atoms with E-state index in [0.29, 0.717) is 46.6 Å². The predicted molar refractivity (Wildman–Crippen MR) is 583 cm³/mol. The van der Waals surface area contributed by atoms with Gasteiger partial charge in [-0.3, -0.25) is 77.5 Å². The number of aromatic nitrogens is 4. The molecule has 27 nitrogen and oxygen atoms in total. The van der Waals surface area contributed by atoms with Gasteiger partial charge in [0.25, 0.3) is 0 Å². The molecule has 7 aromatic heterocycles. The molecule has 18 rings (SSSR count). The Morgan fingerprint density at radius 1 is 0.396 bits per heavy atom. The first kappa shape index (κ1) is 110. The number of fused-ring (bicyclic) bond motifs is 2. The predicted octanol–water partition coefficient (Wildman–Crippen LogP) is 20.4. The number of benzene rings is 5. The monoisotopic (exact) mass is 2110 g/mol. The lowest BCUT2D eigenvalue weighted by Gasteiger charge is -2.32. The van der Waals surface area contributed by atoms with E-state index in [1.165, 1.54) is 120 Å². The highest BCUT2D eigenvalue weighted by Crippen LogP contribution is 2.42. The molecule has 7 N–H and O–H groups in total. The summed E-state index contributed by atoms with van der Waals surface area (Å²) in [6.07, 6.45) is 50.8. The Balaban J connectivity index is 0.000000147. The number of amides is 10. The van der Waals surface area contributed by atoms with E-state index in [0.717, 1.165) is 194 Å². The van der Waals surface area contributed by atoms with E-state index in [9.17, 15) is 61.1 Å². The van der Waals surface area contributed by atoms with Crippen LogP contribution in [-0.4, -0.2) is 143 Å². The Kier molecular flexibility index (Phi) is 40.2. The minimum atomic E-state index is -4.65. The van der Waals surface area contributed by atoms with Crippen LogP contribution in [0.5, 0.6) is 5.75 Å². The quantitative estimate of drug-likeness (QED) is 0.0235. The zero-order chi connectivity index (χ0) is 105. The van der Waals surface area contributed by atoms with E-state index in [1.807, 2.05) is 144 Å². The van der Waals surface area contributed by atoms with Crippen LogP contribution in [0.1, 0.15) is 227 Å². The van der Waals surface area contributed by atoms with Crippen molar-refractivity contribution in [3.05, 3.63) is 239 Å². The van der Waals surface area contributed by atoms with Crippen LogP contribution in [0.3, 0.4) is 0 Å². The van der Waals surface area contributed by atoms with E-state index in [2.05, 4.69) is 75.3 Å². The lowest BCUT2D eigenvalue weighted by molar-refractivity contribution is -0.144. The molecule has 12 aromatic rings. The molecule has 149 heavy (non-hydrogen) atoms. The number of methoxy groups -OCH3 is 1. The number of morpholine rings is 1. The number of hydrogen-bond donors (Lipinski definition) is 7. The van der Waals surface area contributed by atoms with Crippen LogP contribution in [0.2, 0.25) is 0 Å². The number of terminal acetylenes is 5. The molecule has 10 amide bonds. The number of rotatable bonds is 27. The largest absolute Gasteiger partial charge is 0.497 e. The molecule has 1 saturated heterocycles. The van der Waals surface area contributed by atoms with Crippen LogP contribution in [0.15, 0.2) is 203 Å². The molecule has 774 valence electrons. The maximum atomic E-state index is 13.5. The summed E-state index contributed by atoms with van der Waals surface area (Å²) in [4.78, 5) is 149. The SMILES string of the molecule is C#CC(=O)N(c1ccc(C)cc1)C(C(=O)NC1CCCCC1)c1cccs1.C#CC(=O)N(c1ccc(N2CCOCC2)cc1)C(C(=O)NC1CCCCC1)c1cccs1.C#CC(=O)N(c1ccc(OC)cc1)C(C(=O)NC1CCCCC1)c1cccs1.C#CC(=O)N(c1ccc2[nH]ncc2c1)C(C(=O)NC1CCCCC1)c1cccs1.C#CC(=O)N(c1ccc2nc(C(F)(F)F)[nH]c2c1)C(C(=O)NC1CCCCC1)c1cccs1. The van der Waals surface area contributed by atoms with E-state index in [-0.39, 0.29) is 76.5 Å². The molecule has 0 spiro atoms. The van der Waals surface area contributed by atoms with Gasteiger partial charge in [-0.15, -0.1) is 88.8 Å². The van der Waals surface area contributed by atoms with Gasteiger partial charge in [0.1, 0.15) is 5.75 Å². The highest BCUT2D eigenvalue weighted by molar-refractivity contribution is 7.11. The highest BCUT2D eigenvalue weighted by Gasteiger charge is 2.42. The number of nitrogens with one attached hydrogen (secondary N) is 7. The summed E-state index contributed by atoms with van der Waals surface area (Å²) in [5.41, 5.74) is 5.70. The van der Waals surface area contributed by atoms with E-state index in [4.69, 9.17) is 41.6 Å². The molecular formula is C114H120F3N15O12S5. The van der Waals surface area contributed by atoms with Gasteiger partial charge < -0.3 is 45.9 Å². The summed E-state index contributed by atoms with van der Waals surface area (Å²) in [6, 6.07) is 46.6. The van der Waals surface area contributed by atoms with Crippen molar-refractivity contribution in [2.24, 2.45) is 0 Å². The third-order valence-corrected chi connectivity index (χ3v) is 31.6. The Bertz CT molecular complexity index is 6690. The normalized spacial score (nSPS) is 16.0. The summed E-state index contributed by atoms with van der Waals surface area (Å²) >= 11 is 7.06. The number of anilines is 6. The van der Waals surface area contributed by atoms with Crippen molar-refractivity contribution in [3.63, 3.8) is 0 Å². The fourth-order valence-corrected chi connectivity index (χ4v) is 23.5. The second-order valence-corrected chi connectivity index (χ2v) is 41.9. The van der Waals surface area contributed by atoms with Crippen LogP contribution in [0.4, 0.5) is 47.3 Å². The summed E-state index contributed by atoms with van der Waals surface area (Å²) in [5.74, 6) is 6.30. The Morgan fingerprint density at radius 3 is 0.993 bits per heavy atom. The van der Waals surface area contributed by atoms with Gasteiger partial charge in [0, 0.05) is 107 Å². The number of aromatic amines is 2. The molecule has 1 aliphatic heterocycles. The highest BCUT2D eigenvalue weighted by atomic mass is 32.1. The summed E-state index contributed by atoms with van der Waals surface area (Å²) in [5, 5.41) is 32.8. The van der Waals surface area contributed by atoms with Crippen molar-refractivity contribution in [3.8, 4) is 67.5 Å². The number of carbonyl (C=O) groups excluding carboxylic acids is 10. The number of ether oxygens (including phenoxy) is 2. The molecule has 8 heterocycles. The van der Waals surface area contributed by atoms with Crippen LogP contribution in [0, 0.1) is 68.6 Å². The first-order valence-electron chi connectivity index (χ1n) is 50.2. The Labute approximate surface area is 886 Å². The number of thiophene rings is 5. The van der Waals surface area contributed by atoms with Gasteiger partial charge >= 0.3 is 35.7 Å². The zero-order valence-electron chi connectivity index (χ0n) is 82.9. The molecule has 0 bridgehead atoms. The van der Waals surface area contributed by atoms with Crippen molar-refractivity contribution in [2.45, 2.75) is 234 Å². The molecular weight excluding hydrogens is 1990 g/mol. The fourth-order valence-electron chi connectivity index (χ4n) is 19.5. The lowest BCUT2D eigenvalue weighted by Crippen LogP contribution is -2.46. The number of halogens is 3. The third kappa shape index (κ3) is 29.3. The molecule has 6 fully saturated rings. The Hall–Kier alpha value is -14.6. The average molecular weight is 2110 g/mol. The number of nitrogens with zero attached hydrogens (tertiary/aromatic N) is 8. The number of alkyl halides is 3. The lowest BCUT2D eigenvalue weighted by atomic mass is 9.95. The van der Waals surface area contributed by atoms with E-state index >= 15 is 0 Å². The molecule has 5 unspecified atom stereocenters. The molecule has 5 saturated carbocycles. The minimum absolute atomic E-state index is 0.000862. The standard InChI is InChI=1S/C25H29N3O3S.C23H21F3N4O2S.C22H22N4O2S.C22H24N2O3S.C22H24N2O2S/c1-2-23(29)28(21-12-10-20(11-13-21)27-14-16-31-17-15-27)24(22-9-6-18-32-22)25(30)26-19-7-4-3-5-8-19;1-2-19(31)30(15-10-11-16-17(13-15)29-22(28-16)23(24,25)26)20(18-9-6-12-33-18)21(32)27-14-7-4-3-5-8-14;1-2-20(27)26(17-10-11-18-15(13-17)14-23-25-18)21(19-9-6-12-29-19)22(28)24-16-7-4-3-5-8-16;1-3-20(25)24(17-11-13-18(27-2)14-12-17)21(19-10-7-15-28-19)22(26)23-16-8-5-4-6-9-16;1-3-20(25)24(18-13-11-16(2)12-14-18)21(19-10-7-15-27-19)22(26)23-17-8-5-4-6-9-17/h1,6,9-13,18-19,24H,3-5,7-8,14-17H2,(H,26,30);1,6,9-14,20H,3-5,7-8H2,(H,27,32)(H,28,29);1,6,9-14,16,21H,3-5,7-8H2,(H,23,25)(H,24,28);1,7,10-16,21H,4-6,8-9H2,2H3,(H,23,26);1,7,10-15,17,21H,4-6,8-9H2,2H3,(H,23,26). The molecule has 6 aliphatic rings. The van der Waals surface area contributed by atoms with Gasteiger partial charge in [-0.2, -0.15) is 18.3 Å². The van der Waals surface area contributed by atoms with Crippen LogP contribution >= 0.6 is 56.7 Å². The second-order valence-electron chi connectivity index (χ2n) is 37.0. The van der Waals surface area contributed by atoms with Gasteiger partial charge in [-0.25, -0.2) is 4.98 Å². The Morgan fingerprint density at radius 2 is 0.691 bits per heavy atom. The fraction of sp³-hybridized carbons (Fsp3) is 0.368. The molecule has 5 aromatic carbocycles. The number of aryl methyl sites for hydroxylation is 1. The van der Waals surface area contributed by atoms with Crippen molar-refractivity contribution in [2.75, 3.05) is 62.8 Å². The first-order chi connectivity index (χ1) is 72.3. The maximum Gasteiger partial charge on any atom is 0.449 e.